The van der Waals surface area contributed by atoms with E-state index in [0.717, 1.165) is 0 Å². The van der Waals surface area contributed by atoms with E-state index in [0.29, 0.717) is 0 Å². The fraction of sp³-hybridized carbons (Fsp3) is 0.176. The van der Waals surface area contributed by atoms with E-state index in [2.05, 4.69) is 81.2 Å². The summed E-state index contributed by atoms with van der Waals surface area (Å²) in [5.74, 6) is 0. The summed E-state index contributed by atoms with van der Waals surface area (Å²) in [5, 5.41) is 2.75. The minimum atomic E-state index is -1.65. The van der Waals surface area contributed by atoms with Crippen LogP contribution in [0.3, 0.4) is 0 Å². The van der Waals surface area contributed by atoms with Crippen molar-refractivity contribution in [2.45, 2.75) is 20.0 Å². The van der Waals surface area contributed by atoms with E-state index < -0.39 is 8.07 Å². The van der Waals surface area contributed by atoms with Crippen molar-refractivity contribution < 1.29 is 0 Å². The molecule has 0 spiro atoms. The molecule has 92 valence electrons. The largest absolute Gasteiger partial charge is 0.112 e. The van der Waals surface area contributed by atoms with Crippen molar-refractivity contribution in [2.75, 3.05) is 0 Å². The van der Waals surface area contributed by atoms with Crippen molar-refractivity contribution in [3.63, 3.8) is 0 Å². The zero-order chi connectivity index (χ0) is 13.2. The maximum absolute atomic E-state index is 4.40. The van der Waals surface area contributed by atoms with E-state index in [4.69, 9.17) is 0 Å². The minimum absolute atomic E-state index is 1.31. The molecular formula is C17H20Si. The maximum Gasteiger partial charge on any atom is 0.112 e. The van der Waals surface area contributed by atoms with Crippen molar-refractivity contribution in [3.05, 3.63) is 72.3 Å². The predicted molar refractivity (Wildman–Crippen MR) is 83.8 cm³/mol. The molecule has 0 atom stereocenters. The van der Waals surface area contributed by atoms with E-state index in [-0.39, 0.29) is 0 Å². The summed E-state index contributed by atoms with van der Waals surface area (Å²) >= 11 is 0. The van der Waals surface area contributed by atoms with Gasteiger partial charge in [0.05, 0.1) is 0 Å². The predicted octanol–water partition coefficient (Wildman–Crippen LogP) is 4.16. The van der Waals surface area contributed by atoms with Gasteiger partial charge in [0.25, 0.3) is 0 Å². The molecule has 18 heavy (non-hydrogen) atoms. The lowest BCUT2D eigenvalue weighted by Crippen LogP contribution is -2.42. The minimum Gasteiger partial charge on any atom is -0.0988 e. The molecule has 0 unspecified atom stereocenters. The average molecular weight is 252 g/mol. The molecule has 0 saturated carbocycles. The Hall–Kier alpha value is -1.60. The van der Waals surface area contributed by atoms with Crippen LogP contribution < -0.4 is 5.19 Å². The van der Waals surface area contributed by atoms with E-state index in [9.17, 15) is 0 Å². The Morgan fingerprint density at radius 1 is 0.889 bits per heavy atom. The summed E-state index contributed by atoms with van der Waals surface area (Å²) < 4.78 is 0. The van der Waals surface area contributed by atoms with E-state index in [1.165, 1.54) is 21.5 Å². The molecule has 0 fully saturated rings. The van der Waals surface area contributed by atoms with Gasteiger partial charge in [0.1, 0.15) is 8.07 Å². The van der Waals surface area contributed by atoms with Crippen LogP contribution in [0, 0.1) is 6.92 Å². The highest BCUT2D eigenvalue weighted by Gasteiger charge is 2.28. The number of hydrogen-bond donors (Lipinski definition) is 0. The molecule has 0 aromatic heterocycles. The Labute approximate surface area is 111 Å². The van der Waals surface area contributed by atoms with Gasteiger partial charge in [-0.05, 0) is 18.1 Å². The zero-order valence-electron chi connectivity index (χ0n) is 11.4. The fourth-order valence-electron chi connectivity index (χ4n) is 2.28. The van der Waals surface area contributed by atoms with Gasteiger partial charge in [-0.25, -0.2) is 0 Å². The van der Waals surface area contributed by atoms with Gasteiger partial charge in [-0.1, -0.05) is 84.7 Å². The highest BCUT2D eigenvalue weighted by Crippen LogP contribution is 2.26. The Morgan fingerprint density at radius 2 is 1.44 bits per heavy atom. The first-order chi connectivity index (χ1) is 8.53. The van der Waals surface area contributed by atoms with Gasteiger partial charge in [-0.2, -0.15) is 0 Å². The van der Waals surface area contributed by atoms with Crippen molar-refractivity contribution in [1.29, 1.82) is 0 Å². The van der Waals surface area contributed by atoms with Crippen LogP contribution in [-0.2, 0) is 0 Å². The Bertz CT molecular complexity index is 553. The summed E-state index contributed by atoms with van der Waals surface area (Å²) in [6, 6.07) is 19.3. The Balaban J connectivity index is 2.43. The van der Waals surface area contributed by atoms with E-state index >= 15 is 0 Å². The van der Waals surface area contributed by atoms with Gasteiger partial charge < -0.3 is 0 Å². The van der Waals surface area contributed by atoms with Crippen LogP contribution in [0.5, 0.6) is 0 Å². The molecule has 0 aliphatic heterocycles. The van der Waals surface area contributed by atoms with Crippen LogP contribution in [0.15, 0.2) is 61.2 Å². The number of rotatable bonds is 3. The molecule has 0 bridgehead atoms. The van der Waals surface area contributed by atoms with Crippen LogP contribution >= 0.6 is 0 Å². The molecular weight excluding hydrogens is 232 g/mol. The SMILES string of the molecule is C=C(c1ccccc1C)[Si](C)(C)c1ccccc1. The van der Waals surface area contributed by atoms with Crippen LogP contribution in [0.2, 0.25) is 13.1 Å². The molecule has 0 heterocycles. The lowest BCUT2D eigenvalue weighted by molar-refractivity contribution is 1.43. The summed E-state index contributed by atoms with van der Waals surface area (Å²) in [6.07, 6.45) is 0. The van der Waals surface area contributed by atoms with Gasteiger partial charge in [-0.3, -0.25) is 0 Å². The molecule has 0 saturated heterocycles. The van der Waals surface area contributed by atoms with Crippen molar-refractivity contribution in [2.24, 2.45) is 0 Å². The van der Waals surface area contributed by atoms with E-state index in [1.807, 2.05) is 0 Å². The number of aryl methyl sites for hydroxylation is 1. The normalized spacial score (nSPS) is 11.3. The van der Waals surface area contributed by atoms with Crippen molar-refractivity contribution >= 4 is 18.5 Å². The highest BCUT2D eigenvalue weighted by molar-refractivity contribution is 7.04. The third-order valence-corrected chi connectivity index (χ3v) is 7.28. The summed E-state index contributed by atoms with van der Waals surface area (Å²) in [6.45, 7) is 11.3. The Morgan fingerprint density at radius 3 is 2.06 bits per heavy atom. The molecule has 0 amide bonds. The standard InChI is InChI=1S/C17H20Si/c1-14-10-8-9-13-17(14)15(2)18(3,4)16-11-6-5-7-12-16/h5-13H,2H2,1,3-4H3. The molecule has 0 N–H and O–H groups in total. The molecule has 2 aromatic rings. The van der Waals surface area contributed by atoms with Gasteiger partial charge in [0.15, 0.2) is 0 Å². The third-order valence-electron chi connectivity index (χ3n) is 3.72. The smallest absolute Gasteiger partial charge is 0.0988 e. The second-order valence-electron chi connectivity index (χ2n) is 5.28. The van der Waals surface area contributed by atoms with Gasteiger partial charge in [0, 0.05) is 0 Å². The van der Waals surface area contributed by atoms with E-state index in [1.54, 1.807) is 0 Å². The van der Waals surface area contributed by atoms with Crippen LogP contribution in [0.4, 0.5) is 0 Å². The molecule has 1 heteroatoms. The lowest BCUT2D eigenvalue weighted by atomic mass is 10.1. The zero-order valence-corrected chi connectivity index (χ0v) is 12.4. The second-order valence-corrected chi connectivity index (χ2v) is 9.72. The lowest BCUT2D eigenvalue weighted by Gasteiger charge is -2.27. The van der Waals surface area contributed by atoms with Crippen molar-refractivity contribution in [3.8, 4) is 0 Å². The van der Waals surface area contributed by atoms with Crippen LogP contribution in [0.1, 0.15) is 11.1 Å². The molecule has 0 nitrogen and oxygen atoms in total. The van der Waals surface area contributed by atoms with Crippen LogP contribution in [0.25, 0.3) is 5.20 Å². The number of hydrogen-bond acceptors (Lipinski definition) is 0. The molecule has 0 aliphatic carbocycles. The summed E-state index contributed by atoms with van der Waals surface area (Å²) in [7, 11) is -1.65. The van der Waals surface area contributed by atoms with Gasteiger partial charge >= 0.3 is 0 Å². The first kappa shape index (κ1) is 12.8. The second kappa shape index (κ2) is 4.95. The molecule has 2 rings (SSSR count). The Kier molecular flexibility index (Phi) is 3.53. The highest BCUT2D eigenvalue weighted by atomic mass is 28.3. The number of benzene rings is 2. The molecule has 0 radical (unpaired) electrons. The molecule has 2 aromatic carbocycles. The monoisotopic (exact) mass is 252 g/mol. The first-order valence-electron chi connectivity index (χ1n) is 6.34. The average Bonchev–Trinajstić information content (AvgIpc) is 2.39. The van der Waals surface area contributed by atoms with Crippen LogP contribution in [-0.4, -0.2) is 8.07 Å². The first-order valence-corrected chi connectivity index (χ1v) is 9.34. The van der Waals surface area contributed by atoms with Gasteiger partial charge in [0.2, 0.25) is 0 Å². The maximum atomic E-state index is 4.40. The fourth-order valence-corrected chi connectivity index (χ4v) is 4.61. The van der Waals surface area contributed by atoms with Gasteiger partial charge in [-0.15, -0.1) is 0 Å². The summed E-state index contributed by atoms with van der Waals surface area (Å²) in [5.41, 5.74) is 2.64. The topological polar surface area (TPSA) is 0 Å². The van der Waals surface area contributed by atoms with Crippen molar-refractivity contribution in [1.82, 2.24) is 0 Å². The quantitative estimate of drug-likeness (QED) is 0.719. The third kappa shape index (κ3) is 2.32. The molecule has 0 aliphatic rings. The summed E-state index contributed by atoms with van der Waals surface area (Å²) in [4.78, 5) is 0.